The van der Waals surface area contributed by atoms with Crippen LogP contribution in [0.3, 0.4) is 0 Å². The molecule has 1 atom stereocenters. The Hall–Kier alpha value is -1.19. The van der Waals surface area contributed by atoms with E-state index in [1.165, 1.54) is 5.56 Å². The van der Waals surface area contributed by atoms with Gasteiger partial charge in [0.1, 0.15) is 0 Å². The molecule has 3 nitrogen and oxygen atoms in total. The van der Waals surface area contributed by atoms with E-state index in [4.69, 9.17) is 0 Å². The Morgan fingerprint density at radius 1 is 1.26 bits per heavy atom. The first-order valence-corrected chi connectivity index (χ1v) is 7.16. The largest absolute Gasteiger partial charge is 0.315 e. The molecule has 104 valence electrons. The van der Waals surface area contributed by atoms with Gasteiger partial charge in [-0.05, 0) is 39.3 Å². The maximum absolute atomic E-state index is 12.6. The highest BCUT2D eigenvalue weighted by molar-refractivity contribution is 6.01. The average molecular weight is 260 g/mol. The van der Waals surface area contributed by atoms with Gasteiger partial charge in [-0.3, -0.25) is 9.69 Å². The van der Waals surface area contributed by atoms with Crippen LogP contribution in [-0.4, -0.2) is 42.9 Å². The first kappa shape index (κ1) is 14.2. The zero-order chi connectivity index (χ0) is 13.8. The number of nitrogens with one attached hydrogen (secondary N) is 1. The van der Waals surface area contributed by atoms with Gasteiger partial charge < -0.3 is 5.32 Å². The number of hydrogen-bond donors (Lipinski definition) is 1. The van der Waals surface area contributed by atoms with Crippen molar-refractivity contribution in [2.75, 3.05) is 26.2 Å². The number of nitrogens with zero attached hydrogens (tertiary/aromatic N) is 1. The molecule has 0 aromatic heterocycles. The number of rotatable bonds is 3. The number of hydrogen-bond acceptors (Lipinski definition) is 3. The predicted molar refractivity (Wildman–Crippen MR) is 78.8 cm³/mol. The van der Waals surface area contributed by atoms with E-state index in [1.54, 1.807) is 0 Å². The zero-order valence-electron chi connectivity index (χ0n) is 12.2. The van der Waals surface area contributed by atoms with Crippen LogP contribution in [0.4, 0.5) is 0 Å². The third-order valence-electron chi connectivity index (χ3n) is 3.95. The fraction of sp³-hybridized carbons (Fsp3) is 0.562. The summed E-state index contributed by atoms with van der Waals surface area (Å²) in [6, 6.07) is 6.06. The van der Waals surface area contributed by atoms with Gasteiger partial charge in [0, 0.05) is 25.2 Å². The molecular formula is C16H24N2O. The number of ketones is 1. The second-order valence-corrected chi connectivity index (χ2v) is 5.50. The summed E-state index contributed by atoms with van der Waals surface area (Å²) in [6.45, 7) is 10.1. The van der Waals surface area contributed by atoms with Crippen LogP contribution in [0.15, 0.2) is 18.2 Å². The van der Waals surface area contributed by atoms with Crippen molar-refractivity contribution in [3.05, 3.63) is 34.9 Å². The smallest absolute Gasteiger partial charge is 0.179 e. The number of carbonyl (C=O) groups is 1. The molecular weight excluding hydrogens is 236 g/mol. The minimum atomic E-state index is -0.0266. The van der Waals surface area contributed by atoms with E-state index in [0.29, 0.717) is 0 Å². The van der Waals surface area contributed by atoms with Crippen LogP contribution in [0.1, 0.15) is 34.8 Å². The van der Waals surface area contributed by atoms with E-state index in [0.717, 1.165) is 43.7 Å². The van der Waals surface area contributed by atoms with Crippen molar-refractivity contribution in [3.63, 3.8) is 0 Å². The van der Waals surface area contributed by atoms with Crippen LogP contribution in [0, 0.1) is 13.8 Å². The quantitative estimate of drug-likeness (QED) is 0.845. The van der Waals surface area contributed by atoms with Crippen molar-refractivity contribution in [1.29, 1.82) is 0 Å². The molecule has 19 heavy (non-hydrogen) atoms. The highest BCUT2D eigenvalue weighted by Gasteiger charge is 2.23. The fourth-order valence-corrected chi connectivity index (χ4v) is 2.73. The molecule has 0 saturated carbocycles. The molecule has 1 aliphatic rings. The van der Waals surface area contributed by atoms with Gasteiger partial charge in [0.2, 0.25) is 0 Å². The maximum atomic E-state index is 12.6. The third kappa shape index (κ3) is 3.43. The zero-order valence-corrected chi connectivity index (χ0v) is 12.2. The molecule has 1 aliphatic heterocycles. The van der Waals surface area contributed by atoms with Gasteiger partial charge >= 0.3 is 0 Å². The summed E-state index contributed by atoms with van der Waals surface area (Å²) < 4.78 is 0. The molecule has 1 heterocycles. The lowest BCUT2D eigenvalue weighted by Crippen LogP contribution is -2.41. The van der Waals surface area contributed by atoms with E-state index in [2.05, 4.69) is 23.2 Å². The van der Waals surface area contributed by atoms with Gasteiger partial charge in [-0.1, -0.05) is 23.8 Å². The first-order chi connectivity index (χ1) is 9.09. The molecule has 0 aliphatic carbocycles. The van der Waals surface area contributed by atoms with E-state index in [-0.39, 0.29) is 11.8 Å². The standard InChI is InChI=1S/C16H24N2O/c1-12-5-6-15(13(2)11-12)16(19)14(3)18-9-4-7-17-8-10-18/h5-6,11,14,17H,4,7-10H2,1-3H3. The Labute approximate surface area is 116 Å². The van der Waals surface area contributed by atoms with E-state index < -0.39 is 0 Å². The van der Waals surface area contributed by atoms with Crippen LogP contribution in [0.25, 0.3) is 0 Å². The Morgan fingerprint density at radius 2 is 2.05 bits per heavy atom. The number of Topliss-reactive ketones (excluding diaryl/α,β-unsaturated/α-hetero) is 1. The summed E-state index contributed by atoms with van der Waals surface area (Å²) in [5.74, 6) is 0.249. The molecule has 1 fully saturated rings. The Kier molecular flexibility index (Phi) is 4.72. The minimum Gasteiger partial charge on any atom is -0.315 e. The van der Waals surface area contributed by atoms with Crippen molar-refractivity contribution < 1.29 is 4.79 Å². The fourth-order valence-electron chi connectivity index (χ4n) is 2.73. The Morgan fingerprint density at radius 3 is 2.79 bits per heavy atom. The first-order valence-electron chi connectivity index (χ1n) is 7.16. The SMILES string of the molecule is Cc1ccc(C(=O)C(C)N2CCCNCC2)c(C)c1. The van der Waals surface area contributed by atoms with Gasteiger partial charge in [0.25, 0.3) is 0 Å². The van der Waals surface area contributed by atoms with E-state index >= 15 is 0 Å². The van der Waals surface area contributed by atoms with Gasteiger partial charge in [0.15, 0.2) is 5.78 Å². The van der Waals surface area contributed by atoms with E-state index in [9.17, 15) is 4.79 Å². The number of benzene rings is 1. The second-order valence-electron chi connectivity index (χ2n) is 5.50. The lowest BCUT2D eigenvalue weighted by atomic mass is 9.98. The summed E-state index contributed by atoms with van der Waals surface area (Å²) in [5.41, 5.74) is 3.17. The molecule has 0 amide bonds. The molecule has 1 aromatic rings. The molecule has 1 N–H and O–H groups in total. The number of carbonyl (C=O) groups excluding carboxylic acids is 1. The lowest BCUT2D eigenvalue weighted by molar-refractivity contribution is 0.0846. The Balaban J connectivity index is 2.13. The monoisotopic (exact) mass is 260 g/mol. The molecule has 0 spiro atoms. The van der Waals surface area contributed by atoms with Crippen LogP contribution >= 0.6 is 0 Å². The summed E-state index contributed by atoms with van der Waals surface area (Å²) in [4.78, 5) is 14.9. The summed E-state index contributed by atoms with van der Waals surface area (Å²) in [5, 5.41) is 3.38. The molecule has 0 bridgehead atoms. The van der Waals surface area contributed by atoms with Crippen molar-refractivity contribution in [2.24, 2.45) is 0 Å². The van der Waals surface area contributed by atoms with Gasteiger partial charge in [0.05, 0.1) is 6.04 Å². The van der Waals surface area contributed by atoms with Crippen LogP contribution in [0.5, 0.6) is 0 Å². The molecule has 0 radical (unpaired) electrons. The highest BCUT2D eigenvalue weighted by Crippen LogP contribution is 2.16. The summed E-state index contributed by atoms with van der Waals surface area (Å²) in [7, 11) is 0. The molecule has 2 rings (SSSR count). The highest BCUT2D eigenvalue weighted by atomic mass is 16.1. The van der Waals surface area contributed by atoms with Gasteiger partial charge in [-0.25, -0.2) is 0 Å². The van der Waals surface area contributed by atoms with Crippen molar-refractivity contribution in [2.45, 2.75) is 33.2 Å². The molecule has 1 saturated heterocycles. The maximum Gasteiger partial charge on any atom is 0.179 e. The normalized spacial score (nSPS) is 18.9. The third-order valence-corrected chi connectivity index (χ3v) is 3.95. The topological polar surface area (TPSA) is 32.3 Å². The second kappa shape index (κ2) is 6.31. The molecule has 3 heteroatoms. The lowest BCUT2D eigenvalue weighted by Gasteiger charge is -2.26. The van der Waals surface area contributed by atoms with E-state index in [1.807, 2.05) is 26.0 Å². The van der Waals surface area contributed by atoms with Crippen molar-refractivity contribution in [1.82, 2.24) is 10.2 Å². The Bertz CT molecular complexity index is 448. The van der Waals surface area contributed by atoms with Gasteiger partial charge in [-0.15, -0.1) is 0 Å². The van der Waals surface area contributed by atoms with Crippen LogP contribution in [0.2, 0.25) is 0 Å². The van der Waals surface area contributed by atoms with Crippen LogP contribution < -0.4 is 5.32 Å². The van der Waals surface area contributed by atoms with Crippen molar-refractivity contribution >= 4 is 5.78 Å². The van der Waals surface area contributed by atoms with Crippen LogP contribution in [-0.2, 0) is 0 Å². The van der Waals surface area contributed by atoms with Gasteiger partial charge in [-0.2, -0.15) is 0 Å². The summed E-state index contributed by atoms with van der Waals surface area (Å²) in [6.07, 6.45) is 1.12. The van der Waals surface area contributed by atoms with Crippen molar-refractivity contribution in [3.8, 4) is 0 Å². The summed E-state index contributed by atoms with van der Waals surface area (Å²) >= 11 is 0. The average Bonchev–Trinajstić information content (AvgIpc) is 2.66. The minimum absolute atomic E-state index is 0.0266. The molecule has 1 unspecified atom stereocenters. The number of aryl methyl sites for hydroxylation is 2. The molecule has 1 aromatic carbocycles. The predicted octanol–water partition coefficient (Wildman–Crippen LogP) is 2.17.